The maximum Gasteiger partial charge on any atom is 0.267 e. The summed E-state index contributed by atoms with van der Waals surface area (Å²) in [6.45, 7) is 1.68. The first kappa shape index (κ1) is 8.93. The Kier molecular flexibility index (Phi) is 19.9. The normalized spacial score (nSPS) is 3.50. The van der Waals surface area contributed by atoms with Gasteiger partial charge < -0.3 is 5.02 Å². The largest absolute Gasteiger partial charge is 0.454 e. The van der Waals surface area contributed by atoms with Gasteiger partial charge >= 0.3 is 0 Å². The van der Waals surface area contributed by atoms with Crippen molar-refractivity contribution in [1.82, 2.24) is 0 Å². The van der Waals surface area contributed by atoms with E-state index >= 15 is 0 Å². The molecule has 0 aromatic carbocycles. The zero-order valence-electron chi connectivity index (χ0n) is 2.73. The Morgan fingerprint density at radius 2 is 1.75 bits per heavy atom. The van der Waals surface area contributed by atoms with E-state index in [2.05, 4.69) is 0 Å². The van der Waals surface area contributed by atoms with Gasteiger partial charge in [-0.2, -0.15) is 0 Å². The molecule has 3 heteroatoms. The molecule has 0 bridgehead atoms. The van der Waals surface area contributed by atoms with Crippen molar-refractivity contribution < 1.29 is 37.7 Å². The van der Waals surface area contributed by atoms with Crippen molar-refractivity contribution in [1.29, 1.82) is 0 Å². The van der Waals surface area contributed by atoms with Gasteiger partial charge in [0.2, 0.25) is 0 Å². The molecule has 0 amide bonds. The molecule has 0 rings (SSSR count). The summed E-state index contributed by atoms with van der Waals surface area (Å²) in [6, 6.07) is 0. The molecule has 0 saturated heterocycles. The average molecular weight is 133 g/mol. The van der Waals surface area contributed by atoms with Gasteiger partial charge in [0, 0.05) is 32.7 Å². The van der Waals surface area contributed by atoms with E-state index in [1.807, 2.05) is 0 Å². The average Bonchev–Trinajstić information content (AvgIpc) is 0.918. The molecule has 0 fully saturated rings. The fraction of sp³-hybridized carbons (Fsp3) is 1.00. The van der Waals surface area contributed by atoms with Crippen LogP contribution in [0.4, 0.5) is 0 Å². The van der Waals surface area contributed by atoms with Gasteiger partial charge in [0.05, 0.1) is 0 Å². The minimum atomic E-state index is 0. The molecule has 0 aromatic rings. The standard InChI is InChI=1S/CH5BO.Y/c1-2-3;/h2-3H,1H3;. The van der Waals surface area contributed by atoms with Crippen LogP contribution in [0.25, 0.3) is 0 Å². The molecule has 1 N–H and O–H groups in total. The van der Waals surface area contributed by atoms with Crippen molar-refractivity contribution in [3.63, 3.8) is 0 Å². The van der Waals surface area contributed by atoms with Crippen molar-refractivity contribution >= 4 is 7.48 Å². The van der Waals surface area contributed by atoms with Gasteiger partial charge in [-0.3, -0.25) is 0 Å². The van der Waals surface area contributed by atoms with Crippen molar-refractivity contribution in [2.75, 3.05) is 0 Å². The molecule has 0 aromatic heterocycles. The van der Waals surface area contributed by atoms with Crippen LogP contribution in [0.1, 0.15) is 0 Å². The summed E-state index contributed by atoms with van der Waals surface area (Å²) in [6.07, 6.45) is 0. The number of hydrogen-bond donors (Lipinski definition) is 1. The summed E-state index contributed by atoms with van der Waals surface area (Å²) in [5.74, 6) is 0. The Labute approximate surface area is 51.9 Å². The zero-order chi connectivity index (χ0) is 2.71. The predicted octanol–water partition coefficient (Wildman–Crippen LogP) is -0.624. The van der Waals surface area contributed by atoms with Crippen LogP contribution in [0.5, 0.6) is 0 Å². The molecule has 4 heavy (non-hydrogen) atoms. The molecular weight excluding hydrogens is 128 g/mol. The Morgan fingerprint density at radius 3 is 1.75 bits per heavy atom. The van der Waals surface area contributed by atoms with Gasteiger partial charge in [0.25, 0.3) is 7.48 Å². The second kappa shape index (κ2) is 8.92. The fourth-order valence-corrected chi connectivity index (χ4v) is 0. The summed E-state index contributed by atoms with van der Waals surface area (Å²) in [5.41, 5.74) is 0. The van der Waals surface area contributed by atoms with Crippen LogP contribution in [-0.2, 0) is 32.7 Å². The Bertz CT molecular complexity index is 8.00. The van der Waals surface area contributed by atoms with Gasteiger partial charge in [-0.15, -0.1) is 0 Å². The van der Waals surface area contributed by atoms with Crippen LogP contribution in [0.2, 0.25) is 6.82 Å². The SMILES string of the molecule is CBO.[Y]. The predicted molar refractivity (Wildman–Crippen MR) is 15.2 cm³/mol. The van der Waals surface area contributed by atoms with E-state index in [0.717, 1.165) is 0 Å². The van der Waals surface area contributed by atoms with E-state index < -0.39 is 0 Å². The Morgan fingerprint density at radius 1 is 1.75 bits per heavy atom. The van der Waals surface area contributed by atoms with Crippen LogP contribution >= 0.6 is 0 Å². The summed E-state index contributed by atoms with van der Waals surface area (Å²) in [7, 11) is 0.250. The van der Waals surface area contributed by atoms with Crippen LogP contribution in [0.3, 0.4) is 0 Å². The summed E-state index contributed by atoms with van der Waals surface area (Å²) < 4.78 is 0. The topological polar surface area (TPSA) is 20.2 Å². The van der Waals surface area contributed by atoms with Crippen LogP contribution in [0.15, 0.2) is 0 Å². The van der Waals surface area contributed by atoms with Crippen LogP contribution < -0.4 is 0 Å². The Balaban J connectivity index is 0. The van der Waals surface area contributed by atoms with Crippen molar-refractivity contribution in [3.8, 4) is 0 Å². The van der Waals surface area contributed by atoms with Gasteiger partial charge in [-0.1, -0.05) is 6.82 Å². The van der Waals surface area contributed by atoms with E-state index in [-0.39, 0.29) is 40.2 Å². The van der Waals surface area contributed by atoms with Gasteiger partial charge in [0.15, 0.2) is 0 Å². The third-order valence-electron chi connectivity index (χ3n) is 0. The van der Waals surface area contributed by atoms with Crippen LogP contribution in [0, 0.1) is 0 Å². The van der Waals surface area contributed by atoms with Gasteiger partial charge in [-0.05, 0) is 0 Å². The molecular formula is CH5BOY. The third-order valence-corrected chi connectivity index (χ3v) is 0. The molecule has 21 valence electrons. The zero-order valence-corrected chi connectivity index (χ0v) is 5.57. The molecule has 0 aliphatic heterocycles. The Hall–Kier alpha value is 1.13. The van der Waals surface area contributed by atoms with Crippen molar-refractivity contribution in [2.45, 2.75) is 6.82 Å². The van der Waals surface area contributed by atoms with E-state index in [1.165, 1.54) is 0 Å². The monoisotopic (exact) mass is 133 g/mol. The van der Waals surface area contributed by atoms with Crippen LogP contribution in [-0.4, -0.2) is 12.5 Å². The molecule has 1 radical (unpaired) electrons. The maximum atomic E-state index is 7.57. The van der Waals surface area contributed by atoms with Gasteiger partial charge in [-0.25, -0.2) is 0 Å². The fourth-order valence-electron chi connectivity index (χ4n) is 0. The molecule has 0 atom stereocenters. The first-order valence-electron chi connectivity index (χ1n) is 1.02. The molecule has 0 saturated carbocycles. The summed E-state index contributed by atoms with van der Waals surface area (Å²) >= 11 is 0. The first-order valence-corrected chi connectivity index (χ1v) is 1.02. The quantitative estimate of drug-likeness (QED) is 0.436. The van der Waals surface area contributed by atoms with E-state index in [1.54, 1.807) is 6.82 Å². The van der Waals surface area contributed by atoms with Gasteiger partial charge in [0.1, 0.15) is 0 Å². The smallest absolute Gasteiger partial charge is 0.267 e. The van der Waals surface area contributed by atoms with E-state index in [4.69, 9.17) is 5.02 Å². The van der Waals surface area contributed by atoms with E-state index in [0.29, 0.717) is 0 Å². The summed E-state index contributed by atoms with van der Waals surface area (Å²) in [4.78, 5) is 0. The minimum absolute atomic E-state index is 0. The summed E-state index contributed by atoms with van der Waals surface area (Å²) in [5, 5.41) is 7.57. The molecule has 0 spiro atoms. The molecule has 0 unspecified atom stereocenters. The maximum absolute atomic E-state index is 7.57. The molecule has 0 aliphatic carbocycles. The van der Waals surface area contributed by atoms with E-state index in [9.17, 15) is 0 Å². The minimum Gasteiger partial charge on any atom is -0.454 e. The molecule has 0 heterocycles. The number of rotatable bonds is 0. The molecule has 0 aliphatic rings. The number of hydrogen-bond acceptors (Lipinski definition) is 1. The second-order valence-corrected chi connectivity index (χ2v) is 0.316. The first-order chi connectivity index (χ1) is 1.41. The second-order valence-electron chi connectivity index (χ2n) is 0.316. The van der Waals surface area contributed by atoms with Crippen molar-refractivity contribution in [2.24, 2.45) is 0 Å². The van der Waals surface area contributed by atoms with Crippen molar-refractivity contribution in [3.05, 3.63) is 0 Å². The third kappa shape index (κ3) is 11.1. The molecule has 1 nitrogen and oxygen atoms in total.